The van der Waals surface area contributed by atoms with Crippen molar-refractivity contribution >= 4 is 17.5 Å². The van der Waals surface area contributed by atoms with Gasteiger partial charge in [-0.05, 0) is 35.7 Å². The van der Waals surface area contributed by atoms with Gasteiger partial charge in [-0.1, -0.05) is 31.5 Å². The highest BCUT2D eigenvalue weighted by Crippen LogP contribution is 2.30. The monoisotopic (exact) mass is 418 g/mol. The van der Waals surface area contributed by atoms with E-state index in [2.05, 4.69) is 15.0 Å². The molecule has 2 aromatic rings. The molecule has 9 heteroatoms. The summed E-state index contributed by atoms with van der Waals surface area (Å²) in [7, 11) is 0. The second-order valence-corrected chi connectivity index (χ2v) is 6.76. The number of carbonyl (C=O) groups excluding carboxylic acids is 1. The first-order valence-corrected chi connectivity index (χ1v) is 8.82. The quantitative estimate of drug-likeness (QED) is 0.652. The Morgan fingerprint density at radius 1 is 1.25 bits per heavy atom. The van der Waals surface area contributed by atoms with Gasteiger partial charge in [0.25, 0.3) is 0 Å². The fraction of sp³-hybridized carbons (Fsp3) is 0.368. The molecule has 1 aromatic heterocycles. The van der Waals surface area contributed by atoms with Crippen LogP contribution in [0.1, 0.15) is 31.0 Å². The van der Waals surface area contributed by atoms with Crippen molar-refractivity contribution < 1.29 is 27.1 Å². The Labute approximate surface area is 164 Å². The van der Waals surface area contributed by atoms with E-state index >= 15 is 0 Å². The lowest BCUT2D eigenvalue weighted by Crippen LogP contribution is -2.31. The molecule has 0 aliphatic rings. The summed E-state index contributed by atoms with van der Waals surface area (Å²) < 4.78 is 54.1. The average Bonchev–Trinajstić information content (AvgIpc) is 2.63. The summed E-state index contributed by atoms with van der Waals surface area (Å²) in [5.41, 5.74) is 1.13. The molecule has 1 unspecified atom stereocenters. The lowest BCUT2D eigenvalue weighted by molar-refractivity contribution is -0.153. The van der Waals surface area contributed by atoms with Crippen LogP contribution in [0.15, 0.2) is 36.5 Å². The minimum Gasteiger partial charge on any atom is -0.483 e. The van der Waals surface area contributed by atoms with Crippen LogP contribution < -0.4 is 10.1 Å². The average molecular weight is 419 g/mol. The number of alkyl halides is 3. The van der Waals surface area contributed by atoms with Crippen molar-refractivity contribution in [2.24, 2.45) is 5.92 Å². The van der Waals surface area contributed by atoms with Crippen molar-refractivity contribution in [2.45, 2.75) is 32.5 Å². The molecule has 0 spiro atoms. The van der Waals surface area contributed by atoms with Crippen LogP contribution in [0.25, 0.3) is 0 Å². The molecular formula is C19H19ClF4N2O2. The smallest absolute Gasteiger partial charge is 0.422 e. The predicted molar refractivity (Wildman–Crippen MR) is 96.6 cm³/mol. The number of carbonyl (C=O) groups is 1. The highest BCUT2D eigenvalue weighted by atomic mass is 35.5. The minimum atomic E-state index is -4.42. The summed E-state index contributed by atoms with van der Waals surface area (Å²) in [5, 5.41) is 2.97. The number of ether oxygens (including phenoxy) is 1. The molecule has 0 bridgehead atoms. The molecule has 152 valence electrons. The Morgan fingerprint density at radius 2 is 1.96 bits per heavy atom. The maximum Gasteiger partial charge on any atom is 0.422 e. The van der Waals surface area contributed by atoms with E-state index in [0.29, 0.717) is 11.3 Å². The van der Waals surface area contributed by atoms with Crippen LogP contribution in [0.5, 0.6) is 5.75 Å². The lowest BCUT2D eigenvalue weighted by atomic mass is 9.88. The number of aromatic nitrogens is 1. The molecule has 4 nitrogen and oxygen atoms in total. The molecule has 0 radical (unpaired) electrons. The number of nitrogens with one attached hydrogen (secondary N) is 1. The van der Waals surface area contributed by atoms with E-state index in [1.165, 1.54) is 24.3 Å². The minimum absolute atomic E-state index is 0.0136. The maximum absolute atomic E-state index is 13.2. The highest BCUT2D eigenvalue weighted by Gasteiger charge is 2.28. The zero-order chi connectivity index (χ0) is 20.9. The largest absolute Gasteiger partial charge is 0.483 e. The Balaban J connectivity index is 1.90. The van der Waals surface area contributed by atoms with E-state index in [1.54, 1.807) is 13.0 Å². The molecule has 1 N–H and O–H groups in total. The molecule has 0 saturated heterocycles. The summed E-state index contributed by atoms with van der Waals surface area (Å²) in [5.74, 6) is -1.42. The molecule has 0 saturated carbocycles. The zero-order valence-electron chi connectivity index (χ0n) is 15.2. The molecule has 2 atom stereocenters. The molecule has 1 amide bonds. The molecule has 1 heterocycles. The van der Waals surface area contributed by atoms with Crippen molar-refractivity contribution in [3.8, 4) is 5.75 Å². The second kappa shape index (κ2) is 9.23. The predicted octanol–water partition coefficient (Wildman–Crippen LogP) is 4.87. The Morgan fingerprint density at radius 3 is 2.54 bits per heavy atom. The van der Waals surface area contributed by atoms with Crippen LogP contribution >= 0.6 is 11.6 Å². The molecule has 0 fully saturated rings. The summed E-state index contributed by atoms with van der Waals surface area (Å²) >= 11 is 6.05. The van der Waals surface area contributed by atoms with Crippen molar-refractivity contribution in [1.29, 1.82) is 0 Å². The first-order chi connectivity index (χ1) is 13.1. The topological polar surface area (TPSA) is 51.2 Å². The van der Waals surface area contributed by atoms with Gasteiger partial charge in [0.05, 0.1) is 18.4 Å². The highest BCUT2D eigenvalue weighted by molar-refractivity contribution is 6.31. The SMILES string of the molecule is CC(C(=O)NCc1ccc(OCC(F)(F)F)cn1)[C@@H](C)c1ccc(F)cc1Cl. The summed E-state index contributed by atoms with van der Waals surface area (Å²) in [6, 6.07) is 6.86. The third kappa shape index (κ3) is 6.37. The van der Waals surface area contributed by atoms with Crippen LogP contribution in [-0.2, 0) is 11.3 Å². The fourth-order valence-corrected chi connectivity index (χ4v) is 2.81. The van der Waals surface area contributed by atoms with Gasteiger partial charge < -0.3 is 10.1 Å². The van der Waals surface area contributed by atoms with E-state index in [0.717, 1.165) is 6.20 Å². The third-order valence-corrected chi connectivity index (χ3v) is 4.59. The lowest BCUT2D eigenvalue weighted by Gasteiger charge is -2.21. The number of nitrogens with zero attached hydrogens (tertiary/aromatic N) is 1. The van der Waals surface area contributed by atoms with Crippen LogP contribution in [0, 0.1) is 11.7 Å². The summed E-state index contributed by atoms with van der Waals surface area (Å²) in [6.07, 6.45) is -3.26. The molecule has 1 aromatic carbocycles. The van der Waals surface area contributed by atoms with E-state index in [4.69, 9.17) is 11.6 Å². The van der Waals surface area contributed by atoms with E-state index in [-0.39, 0.29) is 29.1 Å². The van der Waals surface area contributed by atoms with Crippen molar-refractivity contribution in [3.63, 3.8) is 0 Å². The molecule has 2 rings (SSSR count). The molecule has 0 aliphatic carbocycles. The van der Waals surface area contributed by atoms with Gasteiger partial charge in [-0.2, -0.15) is 13.2 Å². The normalized spacial score (nSPS) is 13.7. The standard InChI is InChI=1S/C19H19ClF4N2O2/c1-11(16-6-3-13(21)7-17(16)20)12(2)18(27)26-8-14-4-5-15(9-25-14)28-10-19(22,23)24/h3-7,9,11-12H,8,10H2,1-2H3,(H,26,27)/t11-,12?/m1/s1. The van der Waals surface area contributed by atoms with E-state index < -0.39 is 24.5 Å². The van der Waals surface area contributed by atoms with Crippen LogP contribution in [0.2, 0.25) is 5.02 Å². The summed E-state index contributed by atoms with van der Waals surface area (Å²) in [6.45, 7) is 2.24. The number of rotatable bonds is 7. The van der Waals surface area contributed by atoms with Gasteiger partial charge in [-0.15, -0.1) is 0 Å². The third-order valence-electron chi connectivity index (χ3n) is 4.26. The van der Waals surface area contributed by atoms with Gasteiger partial charge in [-0.25, -0.2) is 4.39 Å². The first kappa shape index (κ1) is 21.9. The number of amides is 1. The van der Waals surface area contributed by atoms with Gasteiger partial charge >= 0.3 is 6.18 Å². The maximum atomic E-state index is 13.2. The first-order valence-electron chi connectivity index (χ1n) is 8.44. The number of halogens is 5. The van der Waals surface area contributed by atoms with Crippen molar-refractivity contribution in [1.82, 2.24) is 10.3 Å². The van der Waals surface area contributed by atoms with E-state index in [9.17, 15) is 22.4 Å². The number of pyridine rings is 1. The zero-order valence-corrected chi connectivity index (χ0v) is 15.9. The molecule has 0 aliphatic heterocycles. The van der Waals surface area contributed by atoms with Gasteiger partial charge in [-0.3, -0.25) is 9.78 Å². The molecular weight excluding hydrogens is 400 g/mol. The number of benzene rings is 1. The van der Waals surface area contributed by atoms with Crippen LogP contribution in [0.3, 0.4) is 0 Å². The number of hydrogen-bond donors (Lipinski definition) is 1. The van der Waals surface area contributed by atoms with Gasteiger partial charge in [0.15, 0.2) is 6.61 Å². The van der Waals surface area contributed by atoms with Gasteiger partial charge in [0.1, 0.15) is 11.6 Å². The molecule has 28 heavy (non-hydrogen) atoms. The van der Waals surface area contributed by atoms with Crippen LogP contribution in [-0.4, -0.2) is 23.7 Å². The van der Waals surface area contributed by atoms with Crippen molar-refractivity contribution in [2.75, 3.05) is 6.61 Å². The van der Waals surface area contributed by atoms with Crippen molar-refractivity contribution in [3.05, 3.63) is 58.6 Å². The Bertz CT molecular complexity index is 813. The fourth-order valence-electron chi connectivity index (χ4n) is 2.47. The van der Waals surface area contributed by atoms with Crippen LogP contribution in [0.4, 0.5) is 17.6 Å². The van der Waals surface area contributed by atoms with Gasteiger partial charge in [0, 0.05) is 10.9 Å². The Kier molecular flexibility index (Phi) is 7.23. The second-order valence-electron chi connectivity index (χ2n) is 6.35. The number of hydrogen-bond acceptors (Lipinski definition) is 3. The van der Waals surface area contributed by atoms with E-state index in [1.807, 2.05) is 6.92 Å². The van der Waals surface area contributed by atoms with Gasteiger partial charge in [0.2, 0.25) is 5.91 Å². The summed E-state index contributed by atoms with van der Waals surface area (Å²) in [4.78, 5) is 16.4. The Hall–Kier alpha value is -2.35.